The first-order valence-corrected chi connectivity index (χ1v) is 6.51. The average Bonchev–Trinajstić information content (AvgIpc) is 2.31. The minimum Gasteiger partial charge on any atom is -0.396 e. The molecule has 0 bridgehead atoms. The van der Waals surface area contributed by atoms with Gasteiger partial charge in [0.1, 0.15) is 0 Å². The van der Waals surface area contributed by atoms with Crippen LogP contribution in [0.4, 0.5) is 0 Å². The van der Waals surface area contributed by atoms with E-state index in [1.807, 2.05) is 19.1 Å². The summed E-state index contributed by atoms with van der Waals surface area (Å²) in [6, 6.07) is 8.15. The van der Waals surface area contributed by atoms with Crippen LogP contribution < -0.4 is 0 Å². The Labute approximate surface area is 106 Å². The van der Waals surface area contributed by atoms with E-state index < -0.39 is 0 Å². The van der Waals surface area contributed by atoms with Crippen molar-refractivity contribution >= 4 is 15.9 Å². The summed E-state index contributed by atoms with van der Waals surface area (Å²) in [4.78, 5) is 0. The molecule has 90 valence electrons. The third kappa shape index (κ3) is 4.64. The molecule has 0 aliphatic rings. The monoisotopic (exact) mass is 286 g/mol. The summed E-state index contributed by atoms with van der Waals surface area (Å²) in [6.07, 6.45) is 1.97. The Hall–Kier alpha value is -0.380. The van der Waals surface area contributed by atoms with Gasteiger partial charge in [0.05, 0.1) is 0 Å². The predicted octanol–water partition coefficient (Wildman–Crippen LogP) is 3.34. The summed E-state index contributed by atoms with van der Waals surface area (Å²) in [6.45, 7) is 3.75. The molecule has 1 aromatic carbocycles. The van der Waals surface area contributed by atoms with Gasteiger partial charge in [-0.2, -0.15) is 0 Å². The van der Waals surface area contributed by atoms with Crippen LogP contribution >= 0.6 is 15.9 Å². The normalized spacial score (nSPS) is 12.7. The second kappa shape index (κ2) is 7.82. The standard InChI is InChI=1S/C13H19BrO2/c1-2-16-9-3-4-12(10-15)11-5-7-13(14)8-6-11/h5-8,12,15H,2-4,9-10H2,1H3. The Morgan fingerprint density at radius 1 is 1.31 bits per heavy atom. The molecule has 1 N–H and O–H groups in total. The van der Waals surface area contributed by atoms with Crippen LogP contribution in [0.3, 0.4) is 0 Å². The van der Waals surface area contributed by atoms with Crippen LogP contribution in [-0.2, 0) is 4.74 Å². The summed E-state index contributed by atoms with van der Waals surface area (Å²) >= 11 is 3.41. The summed E-state index contributed by atoms with van der Waals surface area (Å²) in [5.74, 6) is 0.230. The predicted molar refractivity (Wildman–Crippen MR) is 69.7 cm³/mol. The topological polar surface area (TPSA) is 29.5 Å². The highest BCUT2D eigenvalue weighted by atomic mass is 79.9. The third-order valence-corrected chi connectivity index (χ3v) is 3.14. The van der Waals surface area contributed by atoms with Gasteiger partial charge in [-0.3, -0.25) is 0 Å². The average molecular weight is 287 g/mol. The Balaban J connectivity index is 2.44. The van der Waals surface area contributed by atoms with E-state index in [0.717, 1.165) is 30.5 Å². The highest BCUT2D eigenvalue weighted by Gasteiger charge is 2.09. The highest BCUT2D eigenvalue weighted by molar-refractivity contribution is 9.10. The summed E-state index contributed by atoms with van der Waals surface area (Å²) in [5, 5.41) is 9.35. The molecule has 1 rings (SSSR count). The van der Waals surface area contributed by atoms with Gasteiger partial charge < -0.3 is 9.84 Å². The van der Waals surface area contributed by atoms with E-state index in [4.69, 9.17) is 4.74 Å². The number of hydrogen-bond acceptors (Lipinski definition) is 2. The smallest absolute Gasteiger partial charge is 0.0499 e. The van der Waals surface area contributed by atoms with E-state index >= 15 is 0 Å². The number of rotatable bonds is 7. The van der Waals surface area contributed by atoms with Crippen LogP contribution in [0, 0.1) is 0 Å². The molecule has 0 spiro atoms. The zero-order valence-corrected chi connectivity index (χ0v) is 11.2. The Kier molecular flexibility index (Phi) is 6.69. The molecular formula is C13H19BrO2. The van der Waals surface area contributed by atoms with Gasteiger partial charge in [0, 0.05) is 30.2 Å². The molecule has 0 radical (unpaired) electrons. The van der Waals surface area contributed by atoms with Gasteiger partial charge in [-0.05, 0) is 37.5 Å². The van der Waals surface area contributed by atoms with Crippen molar-refractivity contribution < 1.29 is 9.84 Å². The second-order valence-electron chi connectivity index (χ2n) is 3.77. The zero-order valence-electron chi connectivity index (χ0n) is 9.66. The van der Waals surface area contributed by atoms with Crippen molar-refractivity contribution in [1.82, 2.24) is 0 Å². The summed E-state index contributed by atoms with van der Waals surface area (Å²) in [5.41, 5.74) is 1.20. The fraction of sp³-hybridized carbons (Fsp3) is 0.538. The van der Waals surface area contributed by atoms with Crippen LogP contribution in [-0.4, -0.2) is 24.9 Å². The van der Waals surface area contributed by atoms with E-state index in [2.05, 4.69) is 28.1 Å². The lowest BCUT2D eigenvalue weighted by Gasteiger charge is -2.14. The van der Waals surface area contributed by atoms with E-state index in [1.54, 1.807) is 0 Å². The van der Waals surface area contributed by atoms with Gasteiger partial charge in [-0.1, -0.05) is 28.1 Å². The molecule has 0 heterocycles. The van der Waals surface area contributed by atoms with Crippen LogP contribution in [0.1, 0.15) is 31.2 Å². The molecule has 0 fully saturated rings. The molecule has 16 heavy (non-hydrogen) atoms. The largest absolute Gasteiger partial charge is 0.396 e. The Morgan fingerprint density at radius 3 is 2.56 bits per heavy atom. The highest BCUT2D eigenvalue weighted by Crippen LogP contribution is 2.22. The van der Waals surface area contributed by atoms with Crippen LogP contribution in [0.15, 0.2) is 28.7 Å². The van der Waals surface area contributed by atoms with Crippen molar-refractivity contribution in [2.24, 2.45) is 0 Å². The molecule has 3 heteroatoms. The van der Waals surface area contributed by atoms with Gasteiger partial charge in [-0.15, -0.1) is 0 Å². The van der Waals surface area contributed by atoms with E-state index in [-0.39, 0.29) is 12.5 Å². The van der Waals surface area contributed by atoms with Crippen LogP contribution in [0.2, 0.25) is 0 Å². The summed E-state index contributed by atoms with van der Waals surface area (Å²) in [7, 11) is 0. The third-order valence-electron chi connectivity index (χ3n) is 2.61. The number of benzene rings is 1. The first-order valence-electron chi connectivity index (χ1n) is 5.72. The van der Waals surface area contributed by atoms with Crippen LogP contribution in [0.25, 0.3) is 0 Å². The number of aliphatic hydroxyl groups excluding tert-OH is 1. The fourth-order valence-electron chi connectivity index (χ4n) is 1.67. The number of aliphatic hydroxyl groups is 1. The maximum atomic E-state index is 9.35. The minimum absolute atomic E-state index is 0.202. The van der Waals surface area contributed by atoms with Crippen molar-refractivity contribution in [3.05, 3.63) is 34.3 Å². The quantitative estimate of drug-likeness (QED) is 0.779. The lowest BCUT2D eigenvalue weighted by Crippen LogP contribution is -2.06. The van der Waals surface area contributed by atoms with Crippen molar-refractivity contribution in [3.63, 3.8) is 0 Å². The molecular weight excluding hydrogens is 268 g/mol. The molecule has 0 saturated heterocycles. The fourth-order valence-corrected chi connectivity index (χ4v) is 1.94. The van der Waals surface area contributed by atoms with Crippen molar-refractivity contribution in [1.29, 1.82) is 0 Å². The molecule has 1 atom stereocenters. The maximum Gasteiger partial charge on any atom is 0.0499 e. The first kappa shape index (κ1) is 13.7. The van der Waals surface area contributed by atoms with Crippen molar-refractivity contribution in [2.75, 3.05) is 19.8 Å². The van der Waals surface area contributed by atoms with Crippen molar-refractivity contribution in [3.8, 4) is 0 Å². The maximum absolute atomic E-state index is 9.35. The van der Waals surface area contributed by atoms with E-state index in [9.17, 15) is 5.11 Å². The number of halogens is 1. The molecule has 0 aromatic heterocycles. The van der Waals surface area contributed by atoms with E-state index in [1.165, 1.54) is 5.56 Å². The van der Waals surface area contributed by atoms with Gasteiger partial charge in [0.2, 0.25) is 0 Å². The zero-order chi connectivity index (χ0) is 11.8. The number of ether oxygens (including phenoxy) is 1. The SMILES string of the molecule is CCOCCCC(CO)c1ccc(Br)cc1. The van der Waals surface area contributed by atoms with E-state index in [0.29, 0.717) is 0 Å². The Morgan fingerprint density at radius 2 is 2.00 bits per heavy atom. The molecule has 1 unspecified atom stereocenters. The second-order valence-corrected chi connectivity index (χ2v) is 4.69. The molecule has 2 nitrogen and oxygen atoms in total. The Bertz CT molecular complexity index is 284. The lowest BCUT2D eigenvalue weighted by molar-refractivity contribution is 0.138. The molecule has 0 aliphatic carbocycles. The van der Waals surface area contributed by atoms with Gasteiger partial charge in [0.25, 0.3) is 0 Å². The molecule has 0 saturated carbocycles. The molecule has 0 amide bonds. The van der Waals surface area contributed by atoms with Gasteiger partial charge >= 0.3 is 0 Å². The summed E-state index contributed by atoms with van der Waals surface area (Å²) < 4.78 is 6.37. The number of hydrogen-bond donors (Lipinski definition) is 1. The van der Waals surface area contributed by atoms with Gasteiger partial charge in [-0.25, -0.2) is 0 Å². The van der Waals surface area contributed by atoms with Crippen molar-refractivity contribution in [2.45, 2.75) is 25.7 Å². The van der Waals surface area contributed by atoms with Gasteiger partial charge in [0.15, 0.2) is 0 Å². The molecule has 1 aromatic rings. The first-order chi connectivity index (χ1) is 7.77. The molecule has 0 aliphatic heterocycles. The lowest BCUT2D eigenvalue weighted by atomic mass is 9.95. The minimum atomic E-state index is 0.202. The van der Waals surface area contributed by atoms with Crippen LogP contribution in [0.5, 0.6) is 0 Å².